The first kappa shape index (κ1) is 13.2. The van der Waals surface area contributed by atoms with Gasteiger partial charge in [-0.05, 0) is 18.4 Å². The van der Waals surface area contributed by atoms with Gasteiger partial charge >= 0.3 is 0 Å². The fourth-order valence-electron chi connectivity index (χ4n) is 1.38. The molecule has 0 radical (unpaired) electrons. The Labute approximate surface area is 98.6 Å². The molecular formula is C14H22O2. The van der Waals surface area contributed by atoms with E-state index < -0.39 is 0 Å². The first-order valence-corrected chi connectivity index (χ1v) is 6.13. The summed E-state index contributed by atoms with van der Waals surface area (Å²) in [7, 11) is 0. The van der Waals surface area contributed by atoms with Gasteiger partial charge in [0.2, 0.25) is 0 Å². The molecule has 0 fully saturated rings. The molecule has 2 nitrogen and oxygen atoms in total. The van der Waals surface area contributed by atoms with Gasteiger partial charge in [-0.3, -0.25) is 0 Å². The fourth-order valence-corrected chi connectivity index (χ4v) is 1.38. The molecule has 0 bridgehead atoms. The Morgan fingerprint density at radius 1 is 0.875 bits per heavy atom. The van der Waals surface area contributed by atoms with E-state index in [-0.39, 0.29) is 0 Å². The van der Waals surface area contributed by atoms with Crippen molar-refractivity contribution in [3.63, 3.8) is 0 Å². The molecule has 1 aromatic carbocycles. The summed E-state index contributed by atoms with van der Waals surface area (Å²) in [6.07, 6.45) is 3.34. The lowest BCUT2D eigenvalue weighted by Crippen LogP contribution is -2.02. The van der Waals surface area contributed by atoms with Gasteiger partial charge in [0.15, 0.2) is 0 Å². The predicted octanol–water partition coefficient (Wildman–Crippen LogP) is 3.41. The first-order valence-electron chi connectivity index (χ1n) is 6.13. The van der Waals surface area contributed by atoms with Crippen LogP contribution in [0.5, 0.6) is 0 Å². The van der Waals surface area contributed by atoms with E-state index in [0.717, 1.165) is 32.7 Å². The Hall–Kier alpha value is -0.860. The molecule has 1 rings (SSSR count). The minimum absolute atomic E-state index is 0.704. The Kier molecular flexibility index (Phi) is 7.74. The lowest BCUT2D eigenvalue weighted by atomic mass is 10.2. The maximum absolute atomic E-state index is 5.55. The van der Waals surface area contributed by atoms with Gasteiger partial charge in [-0.2, -0.15) is 0 Å². The zero-order chi connectivity index (χ0) is 11.5. The van der Waals surface area contributed by atoms with Crippen molar-refractivity contribution < 1.29 is 9.47 Å². The summed E-state index contributed by atoms with van der Waals surface area (Å²) in [6.45, 7) is 5.35. The average Bonchev–Trinajstić information content (AvgIpc) is 2.34. The number of benzene rings is 1. The second kappa shape index (κ2) is 9.37. The van der Waals surface area contributed by atoms with Gasteiger partial charge in [0.25, 0.3) is 0 Å². The van der Waals surface area contributed by atoms with Crippen molar-refractivity contribution >= 4 is 0 Å². The van der Waals surface area contributed by atoms with E-state index in [2.05, 4.69) is 19.1 Å². The third-order valence-corrected chi connectivity index (χ3v) is 2.33. The maximum Gasteiger partial charge on any atom is 0.0716 e. The summed E-state index contributed by atoms with van der Waals surface area (Å²) < 4.78 is 11.0. The summed E-state index contributed by atoms with van der Waals surface area (Å²) in [4.78, 5) is 0. The molecule has 0 atom stereocenters. The van der Waals surface area contributed by atoms with E-state index >= 15 is 0 Å². The molecule has 0 N–H and O–H groups in total. The van der Waals surface area contributed by atoms with E-state index in [1.165, 1.54) is 12.0 Å². The molecule has 0 saturated heterocycles. The first-order chi connectivity index (χ1) is 7.93. The van der Waals surface area contributed by atoms with E-state index in [1.54, 1.807) is 0 Å². The lowest BCUT2D eigenvalue weighted by Gasteiger charge is -2.05. The zero-order valence-electron chi connectivity index (χ0n) is 10.2. The van der Waals surface area contributed by atoms with Crippen LogP contribution in [-0.4, -0.2) is 19.8 Å². The van der Waals surface area contributed by atoms with Crippen LogP contribution in [0.3, 0.4) is 0 Å². The quantitative estimate of drug-likeness (QED) is 0.596. The van der Waals surface area contributed by atoms with Gasteiger partial charge in [0, 0.05) is 19.8 Å². The zero-order valence-corrected chi connectivity index (χ0v) is 10.2. The summed E-state index contributed by atoms with van der Waals surface area (Å²) in [5.74, 6) is 0. The molecule has 0 saturated carbocycles. The van der Waals surface area contributed by atoms with Crippen LogP contribution in [0.2, 0.25) is 0 Å². The van der Waals surface area contributed by atoms with E-state index in [1.807, 2.05) is 18.2 Å². The number of ether oxygens (including phenoxy) is 2. The van der Waals surface area contributed by atoms with Crippen LogP contribution in [0.15, 0.2) is 30.3 Å². The lowest BCUT2D eigenvalue weighted by molar-refractivity contribution is 0.0748. The molecule has 0 heterocycles. The van der Waals surface area contributed by atoms with Gasteiger partial charge < -0.3 is 9.47 Å². The Morgan fingerprint density at radius 3 is 2.31 bits per heavy atom. The minimum Gasteiger partial charge on any atom is -0.381 e. The normalized spacial score (nSPS) is 10.6. The molecule has 0 aromatic heterocycles. The molecule has 0 amide bonds. The predicted molar refractivity (Wildman–Crippen MR) is 66.4 cm³/mol. The van der Waals surface area contributed by atoms with Gasteiger partial charge in [-0.25, -0.2) is 0 Å². The van der Waals surface area contributed by atoms with Crippen LogP contribution < -0.4 is 0 Å². The molecular weight excluding hydrogens is 200 g/mol. The number of unbranched alkanes of at least 4 members (excludes halogenated alkanes) is 1. The molecule has 0 aliphatic carbocycles. The second-order valence-electron chi connectivity index (χ2n) is 3.86. The van der Waals surface area contributed by atoms with Crippen LogP contribution in [0.1, 0.15) is 31.7 Å². The molecule has 0 unspecified atom stereocenters. The summed E-state index contributed by atoms with van der Waals surface area (Å²) in [6, 6.07) is 10.2. The van der Waals surface area contributed by atoms with Crippen molar-refractivity contribution in [1.29, 1.82) is 0 Å². The highest BCUT2D eigenvalue weighted by atomic mass is 16.5. The van der Waals surface area contributed by atoms with Crippen LogP contribution in [0.4, 0.5) is 0 Å². The highest BCUT2D eigenvalue weighted by molar-refractivity contribution is 5.13. The Balaban J connectivity index is 1.89. The van der Waals surface area contributed by atoms with Crippen LogP contribution in [0.25, 0.3) is 0 Å². The summed E-state index contributed by atoms with van der Waals surface area (Å²) in [5, 5.41) is 0. The van der Waals surface area contributed by atoms with Crippen LogP contribution >= 0.6 is 0 Å². The van der Waals surface area contributed by atoms with E-state index in [0.29, 0.717) is 6.61 Å². The minimum atomic E-state index is 0.704. The molecule has 1 aromatic rings. The van der Waals surface area contributed by atoms with Crippen molar-refractivity contribution in [2.75, 3.05) is 19.8 Å². The number of hydrogen-bond donors (Lipinski definition) is 0. The standard InChI is InChI=1S/C14H22O2/c1-2-3-10-15-11-7-12-16-13-14-8-5-4-6-9-14/h4-6,8-9H,2-3,7,10-13H2,1H3. The Bertz CT molecular complexity index is 246. The van der Waals surface area contributed by atoms with Crippen molar-refractivity contribution in [2.45, 2.75) is 32.8 Å². The SMILES string of the molecule is CCCCOCCCOCc1ccccc1. The average molecular weight is 222 g/mol. The monoisotopic (exact) mass is 222 g/mol. The topological polar surface area (TPSA) is 18.5 Å². The Morgan fingerprint density at radius 2 is 1.56 bits per heavy atom. The molecule has 0 aliphatic rings. The third kappa shape index (κ3) is 6.59. The summed E-state index contributed by atoms with van der Waals surface area (Å²) >= 11 is 0. The van der Waals surface area contributed by atoms with Gasteiger partial charge in [0.05, 0.1) is 6.61 Å². The largest absolute Gasteiger partial charge is 0.381 e. The van der Waals surface area contributed by atoms with Crippen LogP contribution in [0, 0.1) is 0 Å². The number of hydrogen-bond acceptors (Lipinski definition) is 2. The van der Waals surface area contributed by atoms with E-state index in [9.17, 15) is 0 Å². The molecule has 16 heavy (non-hydrogen) atoms. The van der Waals surface area contributed by atoms with Gasteiger partial charge in [0.1, 0.15) is 0 Å². The molecule has 90 valence electrons. The second-order valence-corrected chi connectivity index (χ2v) is 3.86. The summed E-state index contributed by atoms with van der Waals surface area (Å²) in [5.41, 5.74) is 1.23. The molecule has 2 heteroatoms. The van der Waals surface area contributed by atoms with Crippen molar-refractivity contribution in [3.8, 4) is 0 Å². The smallest absolute Gasteiger partial charge is 0.0716 e. The van der Waals surface area contributed by atoms with Crippen molar-refractivity contribution in [2.24, 2.45) is 0 Å². The van der Waals surface area contributed by atoms with Crippen LogP contribution in [-0.2, 0) is 16.1 Å². The third-order valence-electron chi connectivity index (χ3n) is 2.33. The highest BCUT2D eigenvalue weighted by Crippen LogP contribution is 2.00. The highest BCUT2D eigenvalue weighted by Gasteiger charge is 1.92. The van der Waals surface area contributed by atoms with Gasteiger partial charge in [-0.1, -0.05) is 43.7 Å². The van der Waals surface area contributed by atoms with Crippen molar-refractivity contribution in [1.82, 2.24) is 0 Å². The number of rotatable bonds is 9. The fraction of sp³-hybridized carbons (Fsp3) is 0.571. The maximum atomic E-state index is 5.55. The van der Waals surface area contributed by atoms with Crippen molar-refractivity contribution in [3.05, 3.63) is 35.9 Å². The van der Waals surface area contributed by atoms with E-state index in [4.69, 9.17) is 9.47 Å². The molecule has 0 spiro atoms. The van der Waals surface area contributed by atoms with Gasteiger partial charge in [-0.15, -0.1) is 0 Å². The molecule has 0 aliphatic heterocycles.